The average molecular weight is 384 g/mol. The smallest absolute Gasteiger partial charge is 0.324 e. The maximum atomic E-state index is 12.9. The zero-order chi connectivity index (χ0) is 19.7. The zero-order valence-corrected chi connectivity index (χ0v) is 14.6. The third-order valence-electron chi connectivity index (χ3n) is 4.45. The Morgan fingerprint density at radius 1 is 1.07 bits per heavy atom. The maximum absolute atomic E-state index is 12.9. The van der Waals surface area contributed by atoms with Crippen LogP contribution < -0.4 is 10.2 Å². The van der Waals surface area contributed by atoms with Crippen molar-refractivity contribution in [3.8, 4) is 0 Å². The SMILES string of the molecule is O=C(c1ccnc(Nc2cccc(C(F)(F)F)c2)n1)N1CCc2ccccc21. The Hall–Kier alpha value is -3.42. The summed E-state index contributed by atoms with van der Waals surface area (Å²) in [5.41, 5.74) is 1.51. The van der Waals surface area contributed by atoms with Crippen LogP contribution in [0.3, 0.4) is 0 Å². The van der Waals surface area contributed by atoms with Gasteiger partial charge in [0, 0.05) is 24.1 Å². The van der Waals surface area contributed by atoms with Crippen molar-refractivity contribution in [2.45, 2.75) is 12.6 Å². The number of carbonyl (C=O) groups excluding carboxylic acids is 1. The largest absolute Gasteiger partial charge is 0.416 e. The van der Waals surface area contributed by atoms with Crippen molar-refractivity contribution in [3.63, 3.8) is 0 Å². The van der Waals surface area contributed by atoms with Gasteiger partial charge in [0.25, 0.3) is 5.91 Å². The molecule has 1 N–H and O–H groups in total. The number of halogens is 3. The highest BCUT2D eigenvalue weighted by atomic mass is 19.4. The minimum absolute atomic E-state index is 0.0534. The van der Waals surface area contributed by atoms with Crippen LogP contribution in [0.2, 0.25) is 0 Å². The van der Waals surface area contributed by atoms with Gasteiger partial charge in [-0.25, -0.2) is 9.97 Å². The van der Waals surface area contributed by atoms with Crippen LogP contribution in [0.5, 0.6) is 0 Å². The molecule has 1 amide bonds. The predicted octanol–water partition coefficient (Wildman–Crippen LogP) is 4.44. The Morgan fingerprint density at radius 3 is 2.71 bits per heavy atom. The van der Waals surface area contributed by atoms with E-state index >= 15 is 0 Å². The number of fused-ring (bicyclic) bond motifs is 1. The van der Waals surface area contributed by atoms with Crippen molar-refractivity contribution in [2.24, 2.45) is 0 Å². The highest BCUT2D eigenvalue weighted by molar-refractivity contribution is 6.06. The summed E-state index contributed by atoms with van der Waals surface area (Å²) in [5, 5.41) is 2.73. The number of para-hydroxylation sites is 1. The molecule has 0 atom stereocenters. The van der Waals surface area contributed by atoms with Gasteiger partial charge in [-0.1, -0.05) is 24.3 Å². The summed E-state index contributed by atoms with van der Waals surface area (Å²) in [4.78, 5) is 22.7. The zero-order valence-electron chi connectivity index (χ0n) is 14.6. The van der Waals surface area contributed by atoms with Gasteiger partial charge in [0.05, 0.1) is 5.56 Å². The number of amides is 1. The van der Waals surface area contributed by atoms with Crippen LogP contribution in [0.4, 0.5) is 30.5 Å². The molecule has 0 spiro atoms. The molecule has 0 aliphatic carbocycles. The number of carbonyl (C=O) groups is 1. The number of nitrogens with zero attached hydrogens (tertiary/aromatic N) is 3. The van der Waals surface area contributed by atoms with Crippen LogP contribution in [-0.2, 0) is 12.6 Å². The lowest BCUT2D eigenvalue weighted by Crippen LogP contribution is -2.29. The van der Waals surface area contributed by atoms with E-state index in [4.69, 9.17) is 0 Å². The standard InChI is InChI=1S/C20H15F3N4O/c21-20(22,23)14-5-3-6-15(12-14)25-19-24-10-8-16(26-19)18(28)27-11-9-13-4-1-2-7-17(13)27/h1-8,10,12H,9,11H2,(H,24,25,26). The van der Waals surface area contributed by atoms with Crippen LogP contribution in [0.25, 0.3) is 0 Å². The number of hydrogen-bond donors (Lipinski definition) is 1. The second-order valence-corrected chi connectivity index (χ2v) is 6.30. The van der Waals surface area contributed by atoms with E-state index in [2.05, 4.69) is 15.3 Å². The van der Waals surface area contributed by atoms with Crippen molar-refractivity contribution in [1.82, 2.24) is 9.97 Å². The number of nitrogens with one attached hydrogen (secondary N) is 1. The van der Waals surface area contributed by atoms with Crippen molar-refractivity contribution in [2.75, 3.05) is 16.8 Å². The Labute approximate surface area is 158 Å². The van der Waals surface area contributed by atoms with Gasteiger partial charge in [0.2, 0.25) is 5.95 Å². The van der Waals surface area contributed by atoms with Crippen LogP contribution >= 0.6 is 0 Å². The molecule has 28 heavy (non-hydrogen) atoms. The van der Waals surface area contributed by atoms with Gasteiger partial charge in [0.15, 0.2) is 0 Å². The first-order chi connectivity index (χ1) is 13.4. The molecule has 1 aromatic heterocycles. The summed E-state index contributed by atoms with van der Waals surface area (Å²) < 4.78 is 38.6. The van der Waals surface area contributed by atoms with Gasteiger partial charge in [-0.05, 0) is 42.3 Å². The number of rotatable bonds is 3. The first-order valence-electron chi connectivity index (χ1n) is 8.59. The van der Waals surface area contributed by atoms with Crippen LogP contribution in [-0.4, -0.2) is 22.4 Å². The molecule has 2 heterocycles. The molecule has 0 fully saturated rings. The third kappa shape index (κ3) is 3.53. The highest BCUT2D eigenvalue weighted by Crippen LogP contribution is 2.31. The minimum Gasteiger partial charge on any atom is -0.324 e. The number of benzene rings is 2. The fourth-order valence-corrected chi connectivity index (χ4v) is 3.13. The van der Waals surface area contributed by atoms with E-state index in [1.165, 1.54) is 24.4 Å². The molecular formula is C20H15F3N4O. The fourth-order valence-electron chi connectivity index (χ4n) is 3.13. The second kappa shape index (κ2) is 6.95. The van der Waals surface area contributed by atoms with Crippen molar-refractivity contribution >= 4 is 23.2 Å². The summed E-state index contributed by atoms with van der Waals surface area (Å²) in [6.45, 7) is 0.554. The molecule has 0 unspecified atom stereocenters. The van der Waals surface area contributed by atoms with E-state index in [9.17, 15) is 18.0 Å². The quantitative estimate of drug-likeness (QED) is 0.725. The summed E-state index contributed by atoms with van der Waals surface area (Å²) in [6, 6.07) is 13.9. The van der Waals surface area contributed by atoms with E-state index in [0.717, 1.165) is 29.8 Å². The van der Waals surface area contributed by atoms with Crippen LogP contribution in [0, 0.1) is 0 Å². The van der Waals surface area contributed by atoms with Crippen molar-refractivity contribution in [3.05, 3.63) is 77.6 Å². The first-order valence-corrected chi connectivity index (χ1v) is 8.59. The normalized spacial score (nSPS) is 13.3. The summed E-state index contributed by atoms with van der Waals surface area (Å²) in [5.74, 6) is -0.225. The van der Waals surface area contributed by atoms with Gasteiger partial charge in [-0.2, -0.15) is 13.2 Å². The Bertz CT molecular complexity index is 1040. The van der Waals surface area contributed by atoms with Gasteiger partial charge in [0.1, 0.15) is 5.69 Å². The van der Waals surface area contributed by atoms with E-state index in [1.54, 1.807) is 4.90 Å². The molecule has 0 saturated carbocycles. The predicted molar refractivity (Wildman–Crippen MR) is 98.6 cm³/mol. The van der Waals surface area contributed by atoms with E-state index in [1.807, 2.05) is 24.3 Å². The Kier molecular flexibility index (Phi) is 4.46. The molecule has 2 aromatic carbocycles. The molecule has 142 valence electrons. The number of alkyl halides is 3. The number of aromatic nitrogens is 2. The van der Waals surface area contributed by atoms with Gasteiger partial charge in [-0.15, -0.1) is 0 Å². The van der Waals surface area contributed by atoms with E-state index in [-0.39, 0.29) is 23.2 Å². The second-order valence-electron chi connectivity index (χ2n) is 6.30. The summed E-state index contributed by atoms with van der Waals surface area (Å²) in [6.07, 6.45) is -2.28. The average Bonchev–Trinajstić information content (AvgIpc) is 3.11. The molecule has 1 aliphatic heterocycles. The molecule has 1 aliphatic rings. The topological polar surface area (TPSA) is 58.1 Å². The van der Waals surface area contributed by atoms with Gasteiger partial charge in [-0.3, -0.25) is 4.79 Å². The molecular weight excluding hydrogens is 369 g/mol. The lowest BCUT2D eigenvalue weighted by molar-refractivity contribution is -0.137. The molecule has 5 nitrogen and oxygen atoms in total. The van der Waals surface area contributed by atoms with Crippen LogP contribution in [0.15, 0.2) is 60.8 Å². The van der Waals surface area contributed by atoms with Gasteiger partial charge < -0.3 is 10.2 Å². The number of hydrogen-bond acceptors (Lipinski definition) is 4. The number of anilines is 3. The molecule has 0 bridgehead atoms. The van der Waals surface area contributed by atoms with E-state index < -0.39 is 11.7 Å². The maximum Gasteiger partial charge on any atom is 0.416 e. The Balaban J connectivity index is 1.57. The monoisotopic (exact) mass is 384 g/mol. The lowest BCUT2D eigenvalue weighted by atomic mass is 10.2. The van der Waals surface area contributed by atoms with Crippen molar-refractivity contribution < 1.29 is 18.0 Å². The minimum atomic E-state index is -4.44. The van der Waals surface area contributed by atoms with Gasteiger partial charge >= 0.3 is 6.18 Å². The van der Waals surface area contributed by atoms with Crippen LogP contribution in [0.1, 0.15) is 21.6 Å². The summed E-state index contributed by atoms with van der Waals surface area (Å²) >= 11 is 0. The molecule has 0 saturated heterocycles. The first kappa shape index (κ1) is 18.0. The van der Waals surface area contributed by atoms with E-state index in [0.29, 0.717) is 6.54 Å². The molecule has 8 heteroatoms. The molecule has 0 radical (unpaired) electrons. The summed E-state index contributed by atoms with van der Waals surface area (Å²) in [7, 11) is 0. The lowest BCUT2D eigenvalue weighted by Gasteiger charge is -2.17. The third-order valence-corrected chi connectivity index (χ3v) is 4.45. The highest BCUT2D eigenvalue weighted by Gasteiger charge is 2.30. The molecule has 4 rings (SSSR count). The molecule has 3 aromatic rings. The van der Waals surface area contributed by atoms with Crippen molar-refractivity contribution in [1.29, 1.82) is 0 Å². The Morgan fingerprint density at radius 2 is 1.89 bits per heavy atom. The fraction of sp³-hybridized carbons (Fsp3) is 0.150.